The molecule has 3 N–H and O–H groups in total. The van der Waals surface area contributed by atoms with E-state index in [2.05, 4.69) is 12.3 Å². The molecule has 20 heavy (non-hydrogen) atoms. The van der Waals surface area contributed by atoms with Gasteiger partial charge in [-0.2, -0.15) is 0 Å². The van der Waals surface area contributed by atoms with E-state index in [1.165, 1.54) is 32.1 Å². The first-order valence-corrected chi connectivity index (χ1v) is 7.99. The highest BCUT2D eigenvalue weighted by Crippen LogP contribution is 2.35. The number of hydrogen-bond acceptors (Lipinski definition) is 3. The average Bonchev–Trinajstić information content (AvgIpc) is 2.53. The Bertz CT molecular complexity index is 369. The van der Waals surface area contributed by atoms with Gasteiger partial charge in [0.1, 0.15) is 5.75 Å². The Balaban J connectivity index is 1.82. The highest BCUT2D eigenvalue weighted by Gasteiger charge is 2.29. The van der Waals surface area contributed by atoms with Crippen LogP contribution in [-0.4, -0.2) is 12.6 Å². The summed E-state index contributed by atoms with van der Waals surface area (Å²) in [6.45, 7) is 3.03. The summed E-state index contributed by atoms with van der Waals surface area (Å²) in [5.74, 6) is 8.27. The van der Waals surface area contributed by atoms with Crippen LogP contribution in [0.25, 0.3) is 0 Å². The van der Waals surface area contributed by atoms with Gasteiger partial charge in [0, 0.05) is 6.04 Å². The number of hydrogen-bond donors (Lipinski definition) is 2. The standard InChI is InChI=1S/C17H28N2O/c1-2-14-8-6-7-11-16(14)17(19-18)12-13-20-15-9-4-3-5-10-15/h3-5,9-10,14,16-17,19H,2,6-8,11-13,18H2,1H3. The molecule has 1 aliphatic rings. The van der Waals surface area contributed by atoms with Crippen LogP contribution in [0.1, 0.15) is 45.4 Å². The third-order valence-electron chi connectivity index (χ3n) is 4.66. The van der Waals surface area contributed by atoms with Crippen molar-refractivity contribution in [2.45, 2.75) is 51.5 Å². The van der Waals surface area contributed by atoms with Crippen molar-refractivity contribution in [2.24, 2.45) is 17.7 Å². The van der Waals surface area contributed by atoms with E-state index in [-0.39, 0.29) is 0 Å². The third-order valence-corrected chi connectivity index (χ3v) is 4.66. The Labute approximate surface area is 122 Å². The predicted octanol–water partition coefficient (Wildman–Crippen LogP) is 3.50. The lowest BCUT2D eigenvalue weighted by molar-refractivity contribution is 0.154. The summed E-state index contributed by atoms with van der Waals surface area (Å²) in [5, 5.41) is 0. The minimum atomic E-state index is 0.379. The molecule has 1 aromatic carbocycles. The van der Waals surface area contributed by atoms with Gasteiger partial charge in [-0.25, -0.2) is 0 Å². The van der Waals surface area contributed by atoms with Crippen LogP contribution in [0.4, 0.5) is 0 Å². The van der Waals surface area contributed by atoms with Gasteiger partial charge in [0.15, 0.2) is 0 Å². The molecule has 3 unspecified atom stereocenters. The first kappa shape index (κ1) is 15.3. The number of para-hydroxylation sites is 1. The van der Waals surface area contributed by atoms with Crippen molar-refractivity contribution in [3.05, 3.63) is 30.3 Å². The first-order valence-electron chi connectivity index (χ1n) is 7.99. The largest absolute Gasteiger partial charge is 0.494 e. The lowest BCUT2D eigenvalue weighted by Gasteiger charge is -2.36. The molecule has 0 aromatic heterocycles. The molecule has 0 spiro atoms. The number of ether oxygens (including phenoxy) is 1. The highest BCUT2D eigenvalue weighted by atomic mass is 16.5. The second-order valence-electron chi connectivity index (χ2n) is 5.84. The van der Waals surface area contributed by atoms with Crippen molar-refractivity contribution in [3.8, 4) is 5.75 Å². The van der Waals surface area contributed by atoms with E-state index in [4.69, 9.17) is 10.6 Å². The zero-order valence-corrected chi connectivity index (χ0v) is 12.6. The van der Waals surface area contributed by atoms with Crippen LogP contribution in [0.5, 0.6) is 5.75 Å². The number of nitrogens with one attached hydrogen (secondary N) is 1. The molecule has 1 fully saturated rings. The zero-order valence-electron chi connectivity index (χ0n) is 12.6. The van der Waals surface area contributed by atoms with E-state index in [1.54, 1.807) is 0 Å². The molecule has 3 atom stereocenters. The summed E-state index contributed by atoms with van der Waals surface area (Å²) >= 11 is 0. The quantitative estimate of drug-likeness (QED) is 0.592. The molecule has 0 saturated heterocycles. The van der Waals surface area contributed by atoms with Crippen LogP contribution in [0, 0.1) is 11.8 Å². The van der Waals surface area contributed by atoms with Crippen molar-refractivity contribution < 1.29 is 4.74 Å². The summed E-state index contributed by atoms with van der Waals surface area (Å²) in [6, 6.07) is 10.4. The summed E-state index contributed by atoms with van der Waals surface area (Å²) in [4.78, 5) is 0. The normalized spacial score (nSPS) is 24.3. The van der Waals surface area contributed by atoms with Crippen LogP contribution in [0.2, 0.25) is 0 Å². The van der Waals surface area contributed by atoms with Crippen molar-refractivity contribution in [2.75, 3.05) is 6.61 Å². The third kappa shape index (κ3) is 4.22. The molecule has 3 heteroatoms. The van der Waals surface area contributed by atoms with Gasteiger partial charge in [-0.3, -0.25) is 11.3 Å². The second-order valence-corrected chi connectivity index (χ2v) is 5.84. The van der Waals surface area contributed by atoms with Gasteiger partial charge in [0.25, 0.3) is 0 Å². The Morgan fingerprint density at radius 3 is 2.70 bits per heavy atom. The molecule has 0 heterocycles. The SMILES string of the molecule is CCC1CCCCC1C(CCOc1ccccc1)NN. The fourth-order valence-corrected chi connectivity index (χ4v) is 3.51. The van der Waals surface area contributed by atoms with Gasteiger partial charge in [-0.1, -0.05) is 50.8 Å². The Morgan fingerprint density at radius 2 is 2.00 bits per heavy atom. The Hall–Kier alpha value is -1.06. The Morgan fingerprint density at radius 1 is 1.25 bits per heavy atom. The molecular weight excluding hydrogens is 248 g/mol. The molecule has 0 amide bonds. The topological polar surface area (TPSA) is 47.3 Å². The van der Waals surface area contributed by atoms with E-state index in [9.17, 15) is 0 Å². The number of benzene rings is 1. The minimum absolute atomic E-state index is 0.379. The number of rotatable bonds is 7. The van der Waals surface area contributed by atoms with Crippen LogP contribution in [0.15, 0.2) is 30.3 Å². The average molecular weight is 276 g/mol. The van der Waals surface area contributed by atoms with Gasteiger partial charge in [-0.05, 0) is 36.8 Å². The molecule has 1 aliphatic carbocycles. The molecular formula is C17H28N2O. The number of hydrazine groups is 1. The maximum atomic E-state index is 5.80. The maximum Gasteiger partial charge on any atom is 0.119 e. The Kier molecular flexibility index (Phi) is 6.34. The molecule has 0 aliphatic heterocycles. The summed E-state index contributed by atoms with van der Waals surface area (Å²) in [6.07, 6.45) is 7.64. The smallest absolute Gasteiger partial charge is 0.119 e. The molecule has 0 bridgehead atoms. The maximum absolute atomic E-state index is 5.80. The fourth-order valence-electron chi connectivity index (χ4n) is 3.51. The highest BCUT2D eigenvalue weighted by molar-refractivity contribution is 5.20. The lowest BCUT2D eigenvalue weighted by atomic mass is 9.73. The van der Waals surface area contributed by atoms with Gasteiger partial charge in [0.05, 0.1) is 6.61 Å². The molecule has 3 nitrogen and oxygen atoms in total. The van der Waals surface area contributed by atoms with Gasteiger partial charge >= 0.3 is 0 Å². The van der Waals surface area contributed by atoms with E-state index in [1.807, 2.05) is 30.3 Å². The van der Waals surface area contributed by atoms with Crippen molar-refractivity contribution in [3.63, 3.8) is 0 Å². The van der Waals surface area contributed by atoms with E-state index in [0.717, 1.165) is 24.7 Å². The van der Waals surface area contributed by atoms with Gasteiger partial charge in [0.2, 0.25) is 0 Å². The van der Waals surface area contributed by atoms with E-state index < -0.39 is 0 Å². The van der Waals surface area contributed by atoms with Crippen molar-refractivity contribution >= 4 is 0 Å². The van der Waals surface area contributed by atoms with Crippen LogP contribution < -0.4 is 16.0 Å². The zero-order chi connectivity index (χ0) is 14.2. The first-order chi connectivity index (χ1) is 9.85. The summed E-state index contributed by atoms with van der Waals surface area (Å²) in [7, 11) is 0. The van der Waals surface area contributed by atoms with Gasteiger partial charge in [-0.15, -0.1) is 0 Å². The number of nitrogens with two attached hydrogens (primary N) is 1. The minimum Gasteiger partial charge on any atom is -0.494 e. The van der Waals surface area contributed by atoms with Gasteiger partial charge < -0.3 is 4.74 Å². The fraction of sp³-hybridized carbons (Fsp3) is 0.647. The van der Waals surface area contributed by atoms with E-state index >= 15 is 0 Å². The molecule has 1 saturated carbocycles. The molecule has 1 aromatic rings. The van der Waals surface area contributed by atoms with Crippen LogP contribution >= 0.6 is 0 Å². The second kappa shape index (κ2) is 8.28. The van der Waals surface area contributed by atoms with E-state index in [0.29, 0.717) is 12.0 Å². The van der Waals surface area contributed by atoms with Crippen molar-refractivity contribution in [1.29, 1.82) is 0 Å². The van der Waals surface area contributed by atoms with Crippen LogP contribution in [-0.2, 0) is 0 Å². The molecule has 2 rings (SSSR count). The molecule has 0 radical (unpaired) electrons. The van der Waals surface area contributed by atoms with Crippen LogP contribution in [0.3, 0.4) is 0 Å². The lowest BCUT2D eigenvalue weighted by Crippen LogP contribution is -2.45. The summed E-state index contributed by atoms with van der Waals surface area (Å²) in [5.41, 5.74) is 3.04. The monoisotopic (exact) mass is 276 g/mol. The van der Waals surface area contributed by atoms with Crippen molar-refractivity contribution in [1.82, 2.24) is 5.43 Å². The predicted molar refractivity (Wildman–Crippen MR) is 83.4 cm³/mol. The molecule has 112 valence electrons. The summed E-state index contributed by atoms with van der Waals surface area (Å²) < 4.78 is 5.80.